The van der Waals surface area contributed by atoms with E-state index in [1.807, 2.05) is 17.7 Å². The molecule has 0 aliphatic carbocycles. The van der Waals surface area contributed by atoms with Gasteiger partial charge in [0.2, 0.25) is 0 Å². The smallest absolute Gasteiger partial charge is 0.0847 e. The molecule has 19 heavy (non-hydrogen) atoms. The highest BCUT2D eigenvalue weighted by Gasteiger charge is 2.19. The fourth-order valence-electron chi connectivity index (χ4n) is 1.99. The van der Waals surface area contributed by atoms with Gasteiger partial charge in [-0.2, -0.15) is 5.10 Å². The lowest BCUT2D eigenvalue weighted by Gasteiger charge is -2.12. The predicted octanol–water partition coefficient (Wildman–Crippen LogP) is 4.69. The Labute approximate surface area is 138 Å². The highest BCUT2D eigenvalue weighted by Crippen LogP contribution is 2.36. The average molecular weight is 428 g/mol. The lowest BCUT2D eigenvalue weighted by Crippen LogP contribution is -2.16. The summed E-state index contributed by atoms with van der Waals surface area (Å²) in [6.45, 7) is 4.76. The maximum atomic E-state index is 6.31. The second-order valence-electron chi connectivity index (χ2n) is 4.25. The van der Waals surface area contributed by atoms with Crippen molar-refractivity contribution in [2.75, 3.05) is 0 Å². The van der Waals surface area contributed by atoms with Gasteiger partial charge >= 0.3 is 0 Å². The second kappa shape index (κ2) is 6.26. The third-order valence-corrected chi connectivity index (χ3v) is 5.83. The fraction of sp³-hybridized carbons (Fsp3) is 0.417. The molecule has 0 radical (unpaired) electrons. The SMILES string of the molecule is CCn1nc(C)c(Cl)c1CC(N)c1cc(Br)sc1Br. The number of halogens is 3. The van der Waals surface area contributed by atoms with Crippen LogP contribution in [0.25, 0.3) is 0 Å². The van der Waals surface area contributed by atoms with Gasteiger partial charge < -0.3 is 5.73 Å². The molecule has 2 rings (SSSR count). The van der Waals surface area contributed by atoms with E-state index in [4.69, 9.17) is 17.3 Å². The summed E-state index contributed by atoms with van der Waals surface area (Å²) in [6.07, 6.45) is 0.676. The Bertz CT molecular complexity index is 594. The summed E-state index contributed by atoms with van der Waals surface area (Å²) in [5, 5.41) is 5.14. The lowest BCUT2D eigenvalue weighted by molar-refractivity contribution is 0.587. The molecule has 2 heterocycles. The van der Waals surface area contributed by atoms with Crippen molar-refractivity contribution in [3.05, 3.63) is 35.6 Å². The van der Waals surface area contributed by atoms with Crippen molar-refractivity contribution in [1.82, 2.24) is 9.78 Å². The number of nitrogens with two attached hydrogens (primary N) is 1. The first kappa shape index (κ1) is 15.5. The monoisotopic (exact) mass is 425 g/mol. The zero-order chi connectivity index (χ0) is 14.2. The topological polar surface area (TPSA) is 43.8 Å². The quantitative estimate of drug-likeness (QED) is 0.769. The largest absolute Gasteiger partial charge is 0.324 e. The van der Waals surface area contributed by atoms with Crippen molar-refractivity contribution in [1.29, 1.82) is 0 Å². The van der Waals surface area contributed by atoms with Crippen LogP contribution in [0.5, 0.6) is 0 Å². The highest BCUT2D eigenvalue weighted by atomic mass is 79.9. The van der Waals surface area contributed by atoms with Crippen LogP contribution < -0.4 is 5.73 Å². The summed E-state index contributed by atoms with van der Waals surface area (Å²) < 4.78 is 4.05. The second-order valence-corrected chi connectivity index (χ2v) is 8.38. The van der Waals surface area contributed by atoms with Crippen LogP contribution in [-0.2, 0) is 13.0 Å². The predicted molar refractivity (Wildman–Crippen MR) is 88.0 cm³/mol. The number of nitrogens with zero attached hydrogens (tertiary/aromatic N) is 2. The molecule has 0 saturated heterocycles. The van der Waals surface area contributed by atoms with Crippen molar-refractivity contribution in [3.8, 4) is 0 Å². The van der Waals surface area contributed by atoms with Gasteiger partial charge in [0.15, 0.2) is 0 Å². The van der Waals surface area contributed by atoms with Gasteiger partial charge in [0, 0.05) is 19.0 Å². The third kappa shape index (κ3) is 3.24. The minimum Gasteiger partial charge on any atom is -0.324 e. The van der Waals surface area contributed by atoms with Gasteiger partial charge in [-0.25, -0.2) is 0 Å². The van der Waals surface area contributed by atoms with Gasteiger partial charge in [-0.05, 0) is 57.3 Å². The maximum Gasteiger partial charge on any atom is 0.0847 e. The molecule has 7 heteroatoms. The Morgan fingerprint density at radius 2 is 2.21 bits per heavy atom. The first-order valence-corrected chi connectivity index (χ1v) is 8.64. The molecule has 2 aromatic heterocycles. The van der Waals surface area contributed by atoms with E-state index in [-0.39, 0.29) is 6.04 Å². The molecule has 0 amide bonds. The molecule has 0 aliphatic rings. The van der Waals surface area contributed by atoms with Gasteiger partial charge in [0.05, 0.1) is 24.0 Å². The first-order valence-electron chi connectivity index (χ1n) is 5.86. The molecule has 0 aromatic carbocycles. The Morgan fingerprint density at radius 1 is 1.53 bits per heavy atom. The number of hydrogen-bond donors (Lipinski definition) is 1. The molecule has 0 aliphatic heterocycles. The normalized spacial score (nSPS) is 12.9. The van der Waals surface area contributed by atoms with E-state index in [9.17, 15) is 0 Å². The zero-order valence-electron chi connectivity index (χ0n) is 10.6. The maximum absolute atomic E-state index is 6.31. The van der Waals surface area contributed by atoms with Crippen molar-refractivity contribution in [2.45, 2.75) is 32.9 Å². The molecule has 1 unspecified atom stereocenters. The molecular formula is C12H14Br2ClN3S. The first-order chi connectivity index (χ1) is 8.93. The van der Waals surface area contributed by atoms with Gasteiger partial charge in [-0.15, -0.1) is 11.3 Å². The van der Waals surface area contributed by atoms with Gasteiger partial charge in [-0.1, -0.05) is 11.6 Å². The lowest BCUT2D eigenvalue weighted by atomic mass is 10.1. The van der Waals surface area contributed by atoms with Gasteiger partial charge in [0.25, 0.3) is 0 Å². The number of thiophene rings is 1. The number of aryl methyl sites for hydroxylation is 2. The van der Waals surface area contributed by atoms with E-state index in [1.165, 1.54) is 0 Å². The summed E-state index contributed by atoms with van der Waals surface area (Å²) in [7, 11) is 0. The highest BCUT2D eigenvalue weighted by molar-refractivity contribution is 9.12. The van der Waals surface area contributed by atoms with Crippen LogP contribution in [0.4, 0.5) is 0 Å². The van der Waals surface area contributed by atoms with Gasteiger partial charge in [-0.3, -0.25) is 4.68 Å². The summed E-state index contributed by atoms with van der Waals surface area (Å²) >= 11 is 15.0. The van der Waals surface area contributed by atoms with Crippen molar-refractivity contribution in [3.63, 3.8) is 0 Å². The molecule has 104 valence electrons. The fourth-order valence-corrected chi connectivity index (χ4v) is 5.20. The zero-order valence-corrected chi connectivity index (χ0v) is 15.3. The summed E-state index contributed by atoms with van der Waals surface area (Å²) in [5.74, 6) is 0. The minimum atomic E-state index is -0.101. The van der Waals surface area contributed by atoms with Gasteiger partial charge in [0.1, 0.15) is 0 Å². The molecule has 2 N–H and O–H groups in total. The molecule has 2 aromatic rings. The number of hydrogen-bond acceptors (Lipinski definition) is 3. The average Bonchev–Trinajstić information content (AvgIpc) is 2.83. The summed E-state index contributed by atoms with van der Waals surface area (Å²) in [5.41, 5.74) is 9.25. The van der Waals surface area contributed by atoms with E-state index in [2.05, 4.69) is 43.9 Å². The number of rotatable bonds is 4. The summed E-state index contributed by atoms with van der Waals surface area (Å²) in [4.78, 5) is 0. The Kier molecular flexibility index (Phi) is 5.11. The minimum absolute atomic E-state index is 0.101. The van der Waals surface area contributed by atoms with Crippen LogP contribution in [0.15, 0.2) is 13.6 Å². The van der Waals surface area contributed by atoms with Crippen LogP contribution in [0.1, 0.15) is 29.9 Å². The molecule has 3 nitrogen and oxygen atoms in total. The van der Waals surface area contributed by atoms with E-state index in [0.717, 1.165) is 36.1 Å². The Balaban J connectivity index is 2.28. The van der Waals surface area contributed by atoms with Crippen LogP contribution in [0.3, 0.4) is 0 Å². The van der Waals surface area contributed by atoms with Crippen molar-refractivity contribution < 1.29 is 0 Å². The van der Waals surface area contributed by atoms with Crippen molar-refractivity contribution in [2.24, 2.45) is 5.73 Å². The Hall–Kier alpha value is 0.120. The van der Waals surface area contributed by atoms with E-state index < -0.39 is 0 Å². The van der Waals surface area contributed by atoms with Crippen LogP contribution >= 0.6 is 54.8 Å². The number of aromatic nitrogens is 2. The van der Waals surface area contributed by atoms with E-state index in [0.29, 0.717) is 6.42 Å². The van der Waals surface area contributed by atoms with Crippen LogP contribution in [-0.4, -0.2) is 9.78 Å². The molecule has 0 bridgehead atoms. The molecular weight excluding hydrogens is 413 g/mol. The molecule has 0 saturated carbocycles. The van der Waals surface area contributed by atoms with E-state index >= 15 is 0 Å². The Morgan fingerprint density at radius 3 is 2.74 bits per heavy atom. The summed E-state index contributed by atoms with van der Waals surface area (Å²) in [6, 6.07) is 1.95. The van der Waals surface area contributed by atoms with Crippen LogP contribution in [0.2, 0.25) is 5.02 Å². The molecule has 0 fully saturated rings. The molecule has 0 spiro atoms. The van der Waals surface area contributed by atoms with Crippen molar-refractivity contribution >= 4 is 54.8 Å². The molecule has 1 atom stereocenters. The third-order valence-electron chi connectivity index (χ3n) is 2.95. The van der Waals surface area contributed by atoms with E-state index in [1.54, 1.807) is 11.3 Å². The van der Waals surface area contributed by atoms with Crippen LogP contribution in [0, 0.1) is 6.92 Å². The standard InChI is InChI=1S/C12H14Br2ClN3S/c1-3-18-9(11(15)6(2)17-18)5-8(16)7-4-10(13)19-12(7)14/h4,8H,3,5,16H2,1-2H3.